The Kier molecular flexibility index (Phi) is 4.65. The number of nitrogens with zero attached hydrogens (tertiary/aromatic N) is 3. The Morgan fingerprint density at radius 1 is 1.48 bits per heavy atom. The molecule has 0 bridgehead atoms. The van der Waals surface area contributed by atoms with Crippen molar-refractivity contribution in [3.8, 4) is 5.88 Å². The summed E-state index contributed by atoms with van der Waals surface area (Å²) in [7, 11) is 0. The Morgan fingerprint density at radius 3 is 2.90 bits per heavy atom. The minimum Gasteiger partial charge on any atom is -0.480 e. The first-order chi connectivity index (χ1) is 9.97. The third kappa shape index (κ3) is 3.25. The third-order valence-corrected chi connectivity index (χ3v) is 3.87. The van der Waals surface area contributed by atoms with E-state index in [1.165, 1.54) is 0 Å². The maximum Gasteiger partial charge on any atom is 0.329 e. The zero-order valence-electron chi connectivity index (χ0n) is 12.9. The number of carboxylic acid groups (broad SMARTS) is 1. The van der Waals surface area contributed by atoms with Crippen LogP contribution in [-0.4, -0.2) is 39.7 Å². The van der Waals surface area contributed by atoms with Crippen molar-refractivity contribution < 1.29 is 14.6 Å². The second kappa shape index (κ2) is 6.28. The SMILES string of the molecule is CCCOc1cc(C)nc(N2CCCCC2(C)C(=O)O)n1. The van der Waals surface area contributed by atoms with E-state index in [0.29, 0.717) is 31.4 Å². The highest BCUT2D eigenvalue weighted by Crippen LogP contribution is 2.32. The zero-order valence-corrected chi connectivity index (χ0v) is 12.9. The second-order valence-corrected chi connectivity index (χ2v) is 5.68. The Labute approximate surface area is 125 Å². The van der Waals surface area contributed by atoms with Crippen molar-refractivity contribution in [2.75, 3.05) is 18.1 Å². The maximum absolute atomic E-state index is 11.7. The van der Waals surface area contributed by atoms with Crippen molar-refractivity contribution in [1.82, 2.24) is 9.97 Å². The molecule has 1 aliphatic heterocycles. The Morgan fingerprint density at radius 2 is 2.24 bits per heavy atom. The molecule has 21 heavy (non-hydrogen) atoms. The van der Waals surface area contributed by atoms with Crippen LogP contribution in [0.25, 0.3) is 0 Å². The van der Waals surface area contributed by atoms with Crippen molar-refractivity contribution >= 4 is 11.9 Å². The van der Waals surface area contributed by atoms with Crippen molar-refractivity contribution in [1.29, 1.82) is 0 Å². The van der Waals surface area contributed by atoms with Gasteiger partial charge in [0.25, 0.3) is 0 Å². The van der Waals surface area contributed by atoms with Gasteiger partial charge in [-0.2, -0.15) is 4.98 Å². The largest absolute Gasteiger partial charge is 0.480 e. The molecule has 2 rings (SSSR count). The zero-order chi connectivity index (χ0) is 15.5. The number of aryl methyl sites for hydroxylation is 1. The molecule has 6 nitrogen and oxygen atoms in total. The van der Waals surface area contributed by atoms with Crippen LogP contribution >= 0.6 is 0 Å². The lowest BCUT2D eigenvalue weighted by Gasteiger charge is -2.41. The number of hydrogen-bond acceptors (Lipinski definition) is 5. The standard InChI is InChI=1S/C15H23N3O3/c1-4-9-21-12-10-11(2)16-14(17-12)18-8-6-5-7-15(18,3)13(19)20/h10H,4-9H2,1-3H3,(H,19,20). The van der Waals surface area contributed by atoms with Crippen molar-refractivity contribution in [3.05, 3.63) is 11.8 Å². The molecule has 0 radical (unpaired) electrons. The van der Waals surface area contributed by atoms with Crippen LogP contribution < -0.4 is 9.64 Å². The number of hydrogen-bond donors (Lipinski definition) is 1. The molecule has 0 saturated carbocycles. The van der Waals surface area contributed by atoms with E-state index < -0.39 is 11.5 Å². The van der Waals surface area contributed by atoms with Gasteiger partial charge < -0.3 is 14.7 Å². The van der Waals surface area contributed by atoms with Crippen LogP contribution in [0.15, 0.2) is 6.07 Å². The Bertz CT molecular complexity index is 521. The molecule has 0 aliphatic carbocycles. The molecule has 1 aromatic rings. The molecule has 0 aromatic carbocycles. The van der Waals surface area contributed by atoms with Gasteiger partial charge in [-0.05, 0) is 39.5 Å². The predicted octanol–water partition coefficient (Wildman–Crippen LogP) is 2.41. The van der Waals surface area contributed by atoms with Gasteiger partial charge in [0.1, 0.15) is 5.54 Å². The van der Waals surface area contributed by atoms with E-state index in [-0.39, 0.29) is 0 Å². The van der Waals surface area contributed by atoms with Crippen LogP contribution in [0.5, 0.6) is 5.88 Å². The number of carbonyl (C=O) groups is 1. The molecule has 1 saturated heterocycles. The number of piperidine rings is 1. The van der Waals surface area contributed by atoms with Crippen LogP contribution in [0.3, 0.4) is 0 Å². The minimum atomic E-state index is -0.950. The van der Waals surface area contributed by atoms with Gasteiger partial charge in [-0.25, -0.2) is 9.78 Å². The summed E-state index contributed by atoms with van der Waals surface area (Å²) in [5.74, 6) is 0.131. The van der Waals surface area contributed by atoms with Crippen molar-refractivity contribution in [2.45, 2.75) is 52.0 Å². The van der Waals surface area contributed by atoms with Crippen LogP contribution in [-0.2, 0) is 4.79 Å². The van der Waals surface area contributed by atoms with E-state index >= 15 is 0 Å². The van der Waals surface area contributed by atoms with Gasteiger partial charge in [0.15, 0.2) is 0 Å². The van der Waals surface area contributed by atoms with Crippen LogP contribution in [0.1, 0.15) is 45.2 Å². The number of aliphatic carboxylic acids is 1. The second-order valence-electron chi connectivity index (χ2n) is 5.68. The average Bonchev–Trinajstić information content (AvgIpc) is 2.45. The van der Waals surface area contributed by atoms with E-state index in [0.717, 1.165) is 25.0 Å². The van der Waals surface area contributed by atoms with Gasteiger partial charge in [0, 0.05) is 18.3 Å². The smallest absolute Gasteiger partial charge is 0.329 e. The molecular weight excluding hydrogens is 270 g/mol. The fraction of sp³-hybridized carbons (Fsp3) is 0.667. The first kappa shape index (κ1) is 15.5. The highest BCUT2D eigenvalue weighted by atomic mass is 16.5. The molecule has 0 spiro atoms. The number of anilines is 1. The minimum absolute atomic E-state index is 0.450. The van der Waals surface area contributed by atoms with Gasteiger partial charge in [-0.15, -0.1) is 0 Å². The Hall–Kier alpha value is -1.85. The van der Waals surface area contributed by atoms with E-state index in [1.807, 2.05) is 13.8 Å². The topological polar surface area (TPSA) is 75.5 Å². The molecule has 2 heterocycles. The fourth-order valence-electron chi connectivity index (χ4n) is 2.59. The van der Waals surface area contributed by atoms with Crippen molar-refractivity contribution in [3.63, 3.8) is 0 Å². The molecule has 1 atom stereocenters. The predicted molar refractivity (Wildman–Crippen MR) is 79.8 cm³/mol. The Balaban J connectivity index is 2.34. The molecule has 6 heteroatoms. The first-order valence-corrected chi connectivity index (χ1v) is 7.47. The van der Waals surface area contributed by atoms with Gasteiger partial charge in [-0.1, -0.05) is 6.92 Å². The van der Waals surface area contributed by atoms with Crippen LogP contribution in [0.2, 0.25) is 0 Å². The lowest BCUT2D eigenvalue weighted by Crippen LogP contribution is -2.56. The van der Waals surface area contributed by atoms with E-state index in [2.05, 4.69) is 9.97 Å². The first-order valence-electron chi connectivity index (χ1n) is 7.47. The summed E-state index contributed by atoms with van der Waals surface area (Å²) in [4.78, 5) is 22.3. The lowest BCUT2D eigenvalue weighted by molar-refractivity contribution is -0.143. The molecule has 1 aliphatic rings. The number of rotatable bonds is 5. The highest BCUT2D eigenvalue weighted by Gasteiger charge is 2.42. The van der Waals surface area contributed by atoms with Crippen molar-refractivity contribution in [2.24, 2.45) is 0 Å². The van der Waals surface area contributed by atoms with Gasteiger partial charge in [0.05, 0.1) is 6.61 Å². The summed E-state index contributed by atoms with van der Waals surface area (Å²) in [5, 5.41) is 9.58. The normalized spacial score (nSPS) is 22.1. The van der Waals surface area contributed by atoms with E-state index in [1.54, 1.807) is 17.9 Å². The molecule has 0 amide bonds. The molecule has 116 valence electrons. The maximum atomic E-state index is 11.7. The van der Waals surface area contributed by atoms with Gasteiger partial charge in [-0.3, -0.25) is 0 Å². The summed E-state index contributed by atoms with van der Waals surface area (Å²) in [5.41, 5.74) is -0.168. The number of ether oxygens (including phenoxy) is 1. The monoisotopic (exact) mass is 293 g/mol. The summed E-state index contributed by atoms with van der Waals surface area (Å²) in [6, 6.07) is 1.78. The van der Waals surface area contributed by atoms with Crippen LogP contribution in [0, 0.1) is 6.92 Å². The number of carboxylic acids is 1. The summed E-state index contributed by atoms with van der Waals surface area (Å²) in [6.07, 6.45) is 3.36. The third-order valence-electron chi connectivity index (χ3n) is 3.87. The fourth-order valence-corrected chi connectivity index (χ4v) is 2.59. The summed E-state index contributed by atoms with van der Waals surface area (Å²) in [6.45, 7) is 6.88. The molecular formula is C15H23N3O3. The highest BCUT2D eigenvalue weighted by molar-refractivity contribution is 5.82. The lowest BCUT2D eigenvalue weighted by atomic mass is 9.89. The molecule has 1 N–H and O–H groups in total. The molecule has 1 aromatic heterocycles. The van der Waals surface area contributed by atoms with E-state index in [9.17, 15) is 9.90 Å². The average molecular weight is 293 g/mol. The molecule has 1 fully saturated rings. The summed E-state index contributed by atoms with van der Waals surface area (Å²) < 4.78 is 5.57. The summed E-state index contributed by atoms with van der Waals surface area (Å²) >= 11 is 0. The molecule has 1 unspecified atom stereocenters. The quantitative estimate of drug-likeness (QED) is 0.898. The van der Waals surface area contributed by atoms with E-state index in [4.69, 9.17) is 4.74 Å². The van der Waals surface area contributed by atoms with Gasteiger partial charge >= 0.3 is 5.97 Å². The van der Waals surface area contributed by atoms with Gasteiger partial charge in [0.2, 0.25) is 11.8 Å². The van der Waals surface area contributed by atoms with Crippen LogP contribution in [0.4, 0.5) is 5.95 Å². The number of aromatic nitrogens is 2.